The molecule has 0 spiro atoms. The number of carbonyl (C=O) groups excluding carboxylic acids is 1. The van der Waals surface area contributed by atoms with Crippen LogP contribution in [0.25, 0.3) is 0 Å². The summed E-state index contributed by atoms with van der Waals surface area (Å²) in [7, 11) is 0. The van der Waals surface area contributed by atoms with Crippen LogP contribution in [0.4, 0.5) is 0 Å². The zero-order valence-corrected chi connectivity index (χ0v) is 10.2. The van der Waals surface area contributed by atoms with Crippen LogP contribution < -0.4 is 0 Å². The van der Waals surface area contributed by atoms with E-state index in [1.807, 2.05) is 6.92 Å². The Morgan fingerprint density at radius 2 is 1.67 bits per heavy atom. The van der Waals surface area contributed by atoms with E-state index in [1.165, 1.54) is 32.1 Å². The molecule has 0 saturated heterocycles. The van der Waals surface area contributed by atoms with Gasteiger partial charge >= 0.3 is 5.97 Å². The van der Waals surface area contributed by atoms with E-state index in [0.29, 0.717) is 12.2 Å². The van der Waals surface area contributed by atoms with E-state index < -0.39 is 0 Å². The third kappa shape index (κ3) is 8.22. The molecule has 0 aliphatic carbocycles. The third-order valence-electron chi connectivity index (χ3n) is 2.40. The lowest BCUT2D eigenvalue weighted by Crippen LogP contribution is -2.06. The molecule has 2 heteroatoms. The SMILES string of the molecule is C=C(CCCCCCCC)C(=O)OCC. The van der Waals surface area contributed by atoms with Gasteiger partial charge < -0.3 is 4.74 Å². The highest BCUT2D eigenvalue weighted by molar-refractivity contribution is 5.87. The Morgan fingerprint density at radius 3 is 2.27 bits per heavy atom. The molecular formula is C13H24O2. The molecule has 0 radical (unpaired) electrons. The number of hydrogen-bond acceptors (Lipinski definition) is 2. The quantitative estimate of drug-likeness (QED) is 0.329. The van der Waals surface area contributed by atoms with E-state index >= 15 is 0 Å². The van der Waals surface area contributed by atoms with E-state index in [9.17, 15) is 4.79 Å². The molecule has 15 heavy (non-hydrogen) atoms. The Kier molecular flexibility index (Phi) is 9.24. The molecule has 0 amide bonds. The molecule has 0 aromatic heterocycles. The molecule has 0 aromatic carbocycles. The van der Waals surface area contributed by atoms with Crippen molar-refractivity contribution in [2.75, 3.05) is 6.61 Å². The van der Waals surface area contributed by atoms with Gasteiger partial charge in [-0.1, -0.05) is 45.6 Å². The van der Waals surface area contributed by atoms with E-state index in [0.717, 1.165) is 12.8 Å². The summed E-state index contributed by atoms with van der Waals surface area (Å²) < 4.78 is 4.86. The van der Waals surface area contributed by atoms with Crippen LogP contribution in [0, 0.1) is 0 Å². The Hall–Kier alpha value is -0.790. The fourth-order valence-electron chi connectivity index (χ4n) is 1.45. The van der Waals surface area contributed by atoms with Gasteiger partial charge in [0.05, 0.1) is 6.61 Å². The van der Waals surface area contributed by atoms with Crippen molar-refractivity contribution in [3.8, 4) is 0 Å². The maximum atomic E-state index is 11.2. The largest absolute Gasteiger partial charge is 0.463 e. The van der Waals surface area contributed by atoms with Crippen molar-refractivity contribution in [2.24, 2.45) is 0 Å². The summed E-state index contributed by atoms with van der Waals surface area (Å²) in [5.74, 6) is -0.231. The second-order valence-corrected chi connectivity index (χ2v) is 3.84. The fourth-order valence-corrected chi connectivity index (χ4v) is 1.45. The predicted octanol–water partition coefficient (Wildman–Crippen LogP) is 3.86. The Balaban J connectivity index is 3.35. The van der Waals surface area contributed by atoms with E-state index in [2.05, 4.69) is 13.5 Å². The van der Waals surface area contributed by atoms with Crippen LogP contribution >= 0.6 is 0 Å². The normalized spacial score (nSPS) is 10.0. The Morgan fingerprint density at radius 1 is 1.07 bits per heavy atom. The molecule has 0 aliphatic heterocycles. The monoisotopic (exact) mass is 212 g/mol. The molecule has 0 bridgehead atoms. The highest BCUT2D eigenvalue weighted by Gasteiger charge is 2.06. The van der Waals surface area contributed by atoms with Gasteiger partial charge in [-0.2, -0.15) is 0 Å². The van der Waals surface area contributed by atoms with Crippen LogP contribution in [-0.2, 0) is 9.53 Å². The van der Waals surface area contributed by atoms with Gasteiger partial charge in [0.25, 0.3) is 0 Å². The molecule has 0 saturated carbocycles. The van der Waals surface area contributed by atoms with E-state index in [4.69, 9.17) is 4.74 Å². The number of unbranched alkanes of at least 4 members (excludes halogenated alkanes) is 5. The summed E-state index contributed by atoms with van der Waals surface area (Å²) in [6.45, 7) is 8.20. The van der Waals surface area contributed by atoms with Crippen LogP contribution in [0.5, 0.6) is 0 Å². The molecule has 0 N–H and O–H groups in total. The van der Waals surface area contributed by atoms with Crippen LogP contribution in [0.1, 0.15) is 58.8 Å². The van der Waals surface area contributed by atoms with E-state index in [1.54, 1.807) is 0 Å². The lowest BCUT2D eigenvalue weighted by molar-refractivity contribution is -0.138. The lowest BCUT2D eigenvalue weighted by atomic mass is 10.1. The van der Waals surface area contributed by atoms with Gasteiger partial charge in [0.15, 0.2) is 0 Å². The molecule has 0 fully saturated rings. The molecule has 0 rings (SSSR count). The van der Waals surface area contributed by atoms with Crippen LogP contribution in [0.2, 0.25) is 0 Å². The average molecular weight is 212 g/mol. The van der Waals surface area contributed by atoms with Crippen LogP contribution in [0.15, 0.2) is 12.2 Å². The molecule has 0 atom stereocenters. The molecule has 0 aliphatic rings. The van der Waals surface area contributed by atoms with Crippen molar-refractivity contribution in [3.63, 3.8) is 0 Å². The van der Waals surface area contributed by atoms with Gasteiger partial charge in [0, 0.05) is 5.57 Å². The minimum absolute atomic E-state index is 0.231. The smallest absolute Gasteiger partial charge is 0.333 e. The van der Waals surface area contributed by atoms with Crippen molar-refractivity contribution in [1.82, 2.24) is 0 Å². The standard InChI is InChI=1S/C13H24O2/c1-4-6-7-8-9-10-11-12(3)13(14)15-5-2/h3-11H2,1-2H3. The Bertz CT molecular complexity index is 185. The van der Waals surface area contributed by atoms with Crippen LogP contribution in [0.3, 0.4) is 0 Å². The summed E-state index contributed by atoms with van der Waals surface area (Å²) in [5.41, 5.74) is 0.618. The summed E-state index contributed by atoms with van der Waals surface area (Å²) in [4.78, 5) is 11.2. The predicted molar refractivity (Wildman–Crippen MR) is 63.8 cm³/mol. The number of hydrogen-bond donors (Lipinski definition) is 0. The summed E-state index contributed by atoms with van der Waals surface area (Å²) in [6, 6.07) is 0. The second kappa shape index (κ2) is 9.75. The highest BCUT2D eigenvalue weighted by atomic mass is 16.5. The zero-order chi connectivity index (χ0) is 11.5. The maximum Gasteiger partial charge on any atom is 0.333 e. The number of carbonyl (C=O) groups is 1. The molecule has 0 unspecified atom stereocenters. The first-order chi connectivity index (χ1) is 7.22. The number of esters is 1. The topological polar surface area (TPSA) is 26.3 Å². The first-order valence-corrected chi connectivity index (χ1v) is 6.07. The van der Waals surface area contributed by atoms with Crippen LogP contribution in [-0.4, -0.2) is 12.6 Å². The zero-order valence-electron chi connectivity index (χ0n) is 10.2. The summed E-state index contributed by atoms with van der Waals surface area (Å²) in [5, 5.41) is 0. The molecule has 0 heterocycles. The van der Waals surface area contributed by atoms with Crippen molar-refractivity contribution in [3.05, 3.63) is 12.2 Å². The van der Waals surface area contributed by atoms with E-state index in [-0.39, 0.29) is 5.97 Å². The van der Waals surface area contributed by atoms with Gasteiger partial charge in [-0.15, -0.1) is 0 Å². The first kappa shape index (κ1) is 14.2. The molecule has 2 nitrogen and oxygen atoms in total. The Labute approximate surface area is 93.7 Å². The number of rotatable bonds is 9. The molecule has 88 valence electrons. The van der Waals surface area contributed by atoms with Gasteiger partial charge in [0.2, 0.25) is 0 Å². The first-order valence-electron chi connectivity index (χ1n) is 6.07. The van der Waals surface area contributed by atoms with Crippen molar-refractivity contribution in [1.29, 1.82) is 0 Å². The van der Waals surface area contributed by atoms with Gasteiger partial charge in [-0.25, -0.2) is 4.79 Å². The summed E-state index contributed by atoms with van der Waals surface area (Å²) in [6.07, 6.45) is 8.20. The average Bonchev–Trinajstić information content (AvgIpc) is 2.23. The van der Waals surface area contributed by atoms with Crippen molar-refractivity contribution in [2.45, 2.75) is 58.8 Å². The van der Waals surface area contributed by atoms with Crippen molar-refractivity contribution < 1.29 is 9.53 Å². The maximum absolute atomic E-state index is 11.2. The van der Waals surface area contributed by atoms with Crippen molar-refractivity contribution >= 4 is 5.97 Å². The van der Waals surface area contributed by atoms with Gasteiger partial charge in [0.1, 0.15) is 0 Å². The molecule has 0 aromatic rings. The minimum Gasteiger partial charge on any atom is -0.463 e. The second-order valence-electron chi connectivity index (χ2n) is 3.84. The number of ether oxygens (including phenoxy) is 1. The third-order valence-corrected chi connectivity index (χ3v) is 2.40. The van der Waals surface area contributed by atoms with Gasteiger partial charge in [-0.05, 0) is 19.8 Å². The lowest BCUT2D eigenvalue weighted by Gasteiger charge is -2.04. The van der Waals surface area contributed by atoms with Gasteiger partial charge in [-0.3, -0.25) is 0 Å². The molecular weight excluding hydrogens is 188 g/mol. The summed E-state index contributed by atoms with van der Waals surface area (Å²) >= 11 is 0. The highest BCUT2D eigenvalue weighted by Crippen LogP contribution is 2.11. The minimum atomic E-state index is -0.231. The fraction of sp³-hybridized carbons (Fsp3) is 0.769.